The van der Waals surface area contributed by atoms with Crippen molar-refractivity contribution in [2.75, 3.05) is 13.2 Å². The van der Waals surface area contributed by atoms with Gasteiger partial charge in [-0.05, 0) is 6.92 Å². The Balaban J connectivity index is 3.85. The second kappa shape index (κ2) is 6.65. The lowest BCUT2D eigenvalue weighted by atomic mass is 10.4. The fourth-order valence-corrected chi connectivity index (χ4v) is 0.532. The highest BCUT2D eigenvalue weighted by Gasteiger charge is 2.17. The van der Waals surface area contributed by atoms with Crippen molar-refractivity contribution in [3.63, 3.8) is 0 Å². The third-order valence-electron chi connectivity index (χ3n) is 1.24. The Morgan fingerprint density at radius 2 is 1.50 bits per heavy atom. The van der Waals surface area contributed by atoms with Gasteiger partial charge < -0.3 is 9.47 Å². The molecule has 0 radical (unpaired) electrons. The van der Waals surface area contributed by atoms with Crippen molar-refractivity contribution in [2.45, 2.75) is 6.92 Å². The van der Waals surface area contributed by atoms with Crippen molar-refractivity contribution < 1.29 is 32.2 Å². The van der Waals surface area contributed by atoms with E-state index in [0.717, 1.165) is 0 Å². The van der Waals surface area contributed by atoms with E-state index in [1.54, 1.807) is 0 Å². The molecule has 0 aromatic carbocycles. The van der Waals surface area contributed by atoms with Gasteiger partial charge in [0.05, 0.1) is 0 Å². The molecule has 0 N–H and O–H groups in total. The molecule has 0 aliphatic heterocycles. The molecular weight excluding hydrogens is 229 g/mol. The predicted molar refractivity (Wildman–Crippen MR) is 47.1 cm³/mol. The molecule has 0 aromatic rings. The number of ether oxygens (including phenoxy) is 2. The summed E-state index contributed by atoms with van der Waals surface area (Å²) >= 11 is 0. The Hall–Kier alpha value is -1.79. The van der Waals surface area contributed by atoms with Gasteiger partial charge in [-0.3, -0.25) is 0 Å². The Bertz CT molecular complexity index is 332. The van der Waals surface area contributed by atoms with Gasteiger partial charge in [0.1, 0.15) is 13.2 Å². The molecule has 0 rings (SSSR count). The van der Waals surface area contributed by atoms with Crippen LogP contribution in [0.25, 0.3) is 0 Å². The van der Waals surface area contributed by atoms with E-state index in [1.165, 1.54) is 6.92 Å². The maximum Gasteiger partial charge on any atom is 0.373 e. The van der Waals surface area contributed by atoms with E-state index < -0.39 is 30.5 Å². The molecule has 0 aromatic heterocycles. The lowest BCUT2D eigenvalue weighted by Gasteiger charge is -2.04. The molecule has 90 valence electrons. The fourth-order valence-electron chi connectivity index (χ4n) is 0.532. The molecule has 0 heterocycles. The minimum atomic E-state index is -2.76. The average molecular weight is 238 g/mol. The van der Waals surface area contributed by atoms with Crippen LogP contribution in [0.5, 0.6) is 0 Å². The van der Waals surface area contributed by atoms with Crippen molar-refractivity contribution in [3.8, 4) is 0 Å². The first-order valence-corrected chi connectivity index (χ1v) is 4.06. The number of carbonyl (C=O) groups is 2. The SMILES string of the molecule is C=C(C)C(=O)OCCOC(=O)C(F)=C(F)F. The minimum absolute atomic E-state index is 0.132. The zero-order chi connectivity index (χ0) is 12.7. The van der Waals surface area contributed by atoms with Crippen LogP contribution in [0.1, 0.15) is 6.92 Å². The third kappa shape index (κ3) is 5.18. The van der Waals surface area contributed by atoms with E-state index in [-0.39, 0.29) is 12.2 Å². The lowest BCUT2D eigenvalue weighted by Crippen LogP contribution is -2.14. The minimum Gasteiger partial charge on any atom is -0.459 e. The predicted octanol–water partition coefficient (Wildman–Crippen LogP) is 1.73. The summed E-state index contributed by atoms with van der Waals surface area (Å²) in [5.41, 5.74) is 0.132. The van der Waals surface area contributed by atoms with Crippen molar-refractivity contribution in [1.29, 1.82) is 0 Å². The first-order valence-electron chi connectivity index (χ1n) is 4.06. The first kappa shape index (κ1) is 14.2. The molecular formula is C9H9F3O4. The monoisotopic (exact) mass is 238 g/mol. The summed E-state index contributed by atoms with van der Waals surface area (Å²) in [4.78, 5) is 21.2. The summed E-state index contributed by atoms with van der Waals surface area (Å²) in [5.74, 6) is -4.78. The van der Waals surface area contributed by atoms with Gasteiger partial charge in [0.15, 0.2) is 0 Å². The number of esters is 2. The van der Waals surface area contributed by atoms with E-state index in [2.05, 4.69) is 16.1 Å². The smallest absolute Gasteiger partial charge is 0.373 e. The second-order valence-corrected chi connectivity index (χ2v) is 2.63. The van der Waals surface area contributed by atoms with Gasteiger partial charge in [0, 0.05) is 5.57 Å². The Morgan fingerprint density at radius 3 is 1.88 bits per heavy atom. The van der Waals surface area contributed by atoms with Crippen LogP contribution >= 0.6 is 0 Å². The summed E-state index contributed by atoms with van der Waals surface area (Å²) in [6.07, 6.45) is -2.76. The summed E-state index contributed by atoms with van der Waals surface area (Å²) in [5, 5.41) is 0. The average Bonchev–Trinajstić information content (AvgIpc) is 2.22. The maximum atomic E-state index is 12.2. The van der Waals surface area contributed by atoms with E-state index >= 15 is 0 Å². The Labute approximate surface area is 89.3 Å². The molecule has 0 aliphatic carbocycles. The Kier molecular flexibility index (Phi) is 5.91. The maximum absolute atomic E-state index is 12.2. The van der Waals surface area contributed by atoms with Gasteiger partial charge in [0.25, 0.3) is 5.83 Å². The second-order valence-electron chi connectivity index (χ2n) is 2.63. The number of hydrogen-bond acceptors (Lipinski definition) is 4. The van der Waals surface area contributed by atoms with E-state index in [0.29, 0.717) is 0 Å². The van der Waals surface area contributed by atoms with E-state index in [4.69, 9.17) is 0 Å². The van der Waals surface area contributed by atoms with Gasteiger partial charge in [-0.15, -0.1) is 0 Å². The quantitative estimate of drug-likeness (QED) is 0.415. The number of rotatable bonds is 5. The van der Waals surface area contributed by atoms with Crippen LogP contribution in [0.4, 0.5) is 13.2 Å². The van der Waals surface area contributed by atoms with E-state index in [1.807, 2.05) is 0 Å². The normalized spacial score (nSPS) is 9.25. The molecule has 0 unspecified atom stereocenters. The Morgan fingerprint density at radius 1 is 1.06 bits per heavy atom. The zero-order valence-corrected chi connectivity index (χ0v) is 8.39. The van der Waals surface area contributed by atoms with Gasteiger partial charge in [0.2, 0.25) is 0 Å². The van der Waals surface area contributed by atoms with Crippen molar-refractivity contribution in [3.05, 3.63) is 24.1 Å². The molecule has 4 nitrogen and oxygen atoms in total. The highest BCUT2D eigenvalue weighted by atomic mass is 19.3. The van der Waals surface area contributed by atoms with Gasteiger partial charge >= 0.3 is 18.0 Å². The van der Waals surface area contributed by atoms with Crippen LogP contribution in [0.15, 0.2) is 24.1 Å². The molecule has 0 saturated carbocycles. The summed E-state index contributed by atoms with van der Waals surface area (Å²) in [7, 11) is 0. The number of halogens is 3. The fraction of sp³-hybridized carbons (Fsp3) is 0.333. The topological polar surface area (TPSA) is 52.6 Å². The third-order valence-corrected chi connectivity index (χ3v) is 1.24. The number of carbonyl (C=O) groups excluding carboxylic acids is 2. The van der Waals surface area contributed by atoms with Gasteiger partial charge in [-0.1, -0.05) is 6.58 Å². The van der Waals surface area contributed by atoms with Gasteiger partial charge in [-0.25, -0.2) is 9.59 Å². The lowest BCUT2D eigenvalue weighted by molar-refractivity contribution is -0.148. The van der Waals surface area contributed by atoms with Crippen LogP contribution in [-0.4, -0.2) is 25.2 Å². The summed E-state index contributed by atoms with van der Waals surface area (Å²) in [6.45, 7) is 3.79. The molecule has 0 aliphatic rings. The van der Waals surface area contributed by atoms with Crippen molar-refractivity contribution >= 4 is 11.9 Å². The molecule has 0 spiro atoms. The highest BCUT2D eigenvalue weighted by molar-refractivity contribution is 5.87. The van der Waals surface area contributed by atoms with Crippen molar-refractivity contribution in [1.82, 2.24) is 0 Å². The summed E-state index contributed by atoms with van der Waals surface area (Å²) < 4.78 is 43.7. The highest BCUT2D eigenvalue weighted by Crippen LogP contribution is 2.10. The summed E-state index contributed by atoms with van der Waals surface area (Å²) in [6, 6.07) is 0. The van der Waals surface area contributed by atoms with Crippen LogP contribution in [0, 0.1) is 0 Å². The zero-order valence-electron chi connectivity index (χ0n) is 8.39. The van der Waals surface area contributed by atoms with Crippen molar-refractivity contribution in [2.24, 2.45) is 0 Å². The van der Waals surface area contributed by atoms with E-state index in [9.17, 15) is 22.8 Å². The molecule has 0 atom stereocenters. The largest absolute Gasteiger partial charge is 0.459 e. The van der Waals surface area contributed by atoms with Crippen LogP contribution < -0.4 is 0 Å². The first-order chi connectivity index (χ1) is 7.36. The molecule has 16 heavy (non-hydrogen) atoms. The molecule has 0 saturated heterocycles. The molecule has 7 heteroatoms. The molecule has 0 amide bonds. The molecule has 0 bridgehead atoms. The molecule has 0 fully saturated rings. The van der Waals surface area contributed by atoms with Crippen LogP contribution in [0.3, 0.4) is 0 Å². The standard InChI is InChI=1S/C9H9F3O4/c1-5(2)8(13)15-3-4-16-9(14)6(10)7(11)12/h1,3-4H2,2H3. The van der Waals surface area contributed by atoms with Crippen LogP contribution in [-0.2, 0) is 19.1 Å². The van der Waals surface area contributed by atoms with Crippen LogP contribution in [0.2, 0.25) is 0 Å². The van der Waals surface area contributed by atoms with Gasteiger partial charge in [-0.2, -0.15) is 13.2 Å². The number of hydrogen-bond donors (Lipinski definition) is 0.